The second kappa shape index (κ2) is 9.40. The molecule has 2 rings (SSSR count). The van der Waals surface area contributed by atoms with Crippen molar-refractivity contribution in [3.63, 3.8) is 0 Å². The van der Waals surface area contributed by atoms with Gasteiger partial charge in [0.05, 0.1) is 0 Å². The van der Waals surface area contributed by atoms with E-state index in [2.05, 4.69) is 18.3 Å². The van der Waals surface area contributed by atoms with Crippen LogP contribution in [0.15, 0.2) is 54.6 Å². The van der Waals surface area contributed by atoms with Gasteiger partial charge in [-0.2, -0.15) is 0 Å². The number of hydrogen-bond donors (Lipinski definition) is 2. The van der Waals surface area contributed by atoms with Crippen LogP contribution >= 0.6 is 0 Å². The monoisotopic (exact) mass is 324 g/mol. The molecule has 2 aromatic carbocycles. The highest BCUT2D eigenvalue weighted by molar-refractivity contribution is 5.67. The summed E-state index contributed by atoms with van der Waals surface area (Å²) >= 11 is 0. The third-order valence-electron chi connectivity index (χ3n) is 3.65. The van der Waals surface area contributed by atoms with Crippen molar-refractivity contribution >= 4 is 17.9 Å². The molecule has 0 fully saturated rings. The Kier molecular flexibility index (Phi) is 6.90. The number of carbonyl (C=O) groups is 1. The smallest absolute Gasteiger partial charge is 0.407 e. The summed E-state index contributed by atoms with van der Waals surface area (Å²) < 4.78 is 5.15. The molecule has 0 spiro atoms. The van der Waals surface area contributed by atoms with Gasteiger partial charge in [-0.1, -0.05) is 55.5 Å². The van der Waals surface area contributed by atoms with Crippen LogP contribution in [0.3, 0.4) is 0 Å². The van der Waals surface area contributed by atoms with Crippen LogP contribution in [0, 0.1) is 0 Å². The lowest BCUT2D eigenvalue weighted by molar-refractivity contribution is 0.140. The van der Waals surface area contributed by atoms with Crippen LogP contribution in [0.25, 0.3) is 6.08 Å². The summed E-state index contributed by atoms with van der Waals surface area (Å²) in [7, 11) is 0. The van der Waals surface area contributed by atoms with Gasteiger partial charge in [-0.15, -0.1) is 0 Å². The van der Waals surface area contributed by atoms with Gasteiger partial charge < -0.3 is 15.8 Å². The number of benzene rings is 2. The van der Waals surface area contributed by atoms with Crippen molar-refractivity contribution < 1.29 is 9.53 Å². The summed E-state index contributed by atoms with van der Waals surface area (Å²) in [5, 5.41) is 2.73. The van der Waals surface area contributed by atoms with Crippen molar-refractivity contribution in [2.45, 2.75) is 26.4 Å². The molecule has 0 aliphatic carbocycles. The van der Waals surface area contributed by atoms with Gasteiger partial charge in [-0.05, 0) is 41.7 Å². The SMILES string of the molecule is CCc1ccc(N)c(C=CCCNC(=O)OCc2ccccc2)c1. The van der Waals surface area contributed by atoms with Crippen molar-refractivity contribution in [3.05, 3.63) is 71.3 Å². The molecule has 1 amide bonds. The Morgan fingerprint density at radius 2 is 1.96 bits per heavy atom. The Labute approximate surface area is 143 Å². The molecule has 0 saturated heterocycles. The van der Waals surface area contributed by atoms with Crippen molar-refractivity contribution in [2.24, 2.45) is 0 Å². The van der Waals surface area contributed by atoms with Crippen molar-refractivity contribution in [1.82, 2.24) is 5.32 Å². The fourth-order valence-electron chi connectivity index (χ4n) is 2.23. The molecular weight excluding hydrogens is 300 g/mol. The van der Waals surface area contributed by atoms with E-state index in [1.165, 1.54) is 5.56 Å². The van der Waals surface area contributed by atoms with Gasteiger partial charge in [-0.3, -0.25) is 0 Å². The number of rotatable bonds is 7. The van der Waals surface area contributed by atoms with Gasteiger partial charge in [0.1, 0.15) is 6.61 Å². The second-order valence-electron chi connectivity index (χ2n) is 5.50. The van der Waals surface area contributed by atoms with Crippen molar-refractivity contribution in [2.75, 3.05) is 12.3 Å². The van der Waals surface area contributed by atoms with Crippen LogP contribution in [0.1, 0.15) is 30.0 Å². The van der Waals surface area contributed by atoms with E-state index >= 15 is 0 Å². The van der Waals surface area contributed by atoms with Crippen LogP contribution in [0.4, 0.5) is 10.5 Å². The normalized spacial score (nSPS) is 10.7. The maximum Gasteiger partial charge on any atom is 0.407 e. The molecule has 0 aliphatic heterocycles. The first-order chi connectivity index (χ1) is 11.7. The zero-order valence-electron chi connectivity index (χ0n) is 14.0. The van der Waals surface area contributed by atoms with Crippen molar-refractivity contribution in [1.29, 1.82) is 0 Å². The molecule has 24 heavy (non-hydrogen) atoms. The summed E-state index contributed by atoms with van der Waals surface area (Å²) in [5.74, 6) is 0. The Morgan fingerprint density at radius 3 is 2.71 bits per heavy atom. The van der Waals surface area contributed by atoms with E-state index in [1.54, 1.807) is 0 Å². The highest BCUT2D eigenvalue weighted by Crippen LogP contribution is 2.16. The summed E-state index contributed by atoms with van der Waals surface area (Å²) in [5.41, 5.74) is 9.97. The van der Waals surface area contributed by atoms with E-state index in [0.29, 0.717) is 6.54 Å². The van der Waals surface area contributed by atoms with Crippen molar-refractivity contribution in [3.8, 4) is 0 Å². The largest absolute Gasteiger partial charge is 0.445 e. The number of hydrogen-bond acceptors (Lipinski definition) is 3. The van der Waals surface area contributed by atoms with E-state index in [1.807, 2.05) is 54.6 Å². The number of amides is 1. The van der Waals surface area contributed by atoms with Crippen LogP contribution in [-0.4, -0.2) is 12.6 Å². The molecule has 4 heteroatoms. The van der Waals surface area contributed by atoms with Gasteiger partial charge in [0.2, 0.25) is 0 Å². The second-order valence-corrected chi connectivity index (χ2v) is 5.50. The van der Waals surface area contributed by atoms with Crippen LogP contribution in [-0.2, 0) is 17.8 Å². The molecule has 0 unspecified atom stereocenters. The first kappa shape index (κ1) is 17.6. The molecule has 3 N–H and O–H groups in total. The fraction of sp³-hybridized carbons (Fsp3) is 0.250. The number of nitrogens with two attached hydrogens (primary N) is 1. The fourth-order valence-corrected chi connectivity index (χ4v) is 2.23. The Morgan fingerprint density at radius 1 is 1.17 bits per heavy atom. The van der Waals surface area contributed by atoms with Gasteiger partial charge in [0, 0.05) is 12.2 Å². The molecule has 4 nitrogen and oxygen atoms in total. The van der Waals surface area contributed by atoms with Gasteiger partial charge in [0.15, 0.2) is 0 Å². The summed E-state index contributed by atoms with van der Waals surface area (Å²) in [6, 6.07) is 15.7. The van der Waals surface area contributed by atoms with E-state index in [0.717, 1.165) is 29.7 Å². The summed E-state index contributed by atoms with van der Waals surface area (Å²) in [6.45, 7) is 2.92. The molecule has 0 aliphatic rings. The molecule has 126 valence electrons. The maximum atomic E-state index is 11.6. The molecule has 0 heterocycles. The predicted molar refractivity (Wildman–Crippen MR) is 98.5 cm³/mol. The Hall–Kier alpha value is -2.75. The standard InChI is InChI=1S/C20H24N2O2/c1-2-16-11-12-19(21)18(14-16)10-6-7-13-22-20(23)24-15-17-8-4-3-5-9-17/h3-6,8-12,14H,2,7,13,15,21H2,1H3,(H,22,23). The van der Waals surface area contributed by atoms with Crippen LogP contribution < -0.4 is 11.1 Å². The summed E-state index contributed by atoms with van der Waals surface area (Å²) in [6.07, 6.45) is 5.29. The molecule has 0 aromatic heterocycles. The lowest BCUT2D eigenvalue weighted by Gasteiger charge is -2.06. The maximum absolute atomic E-state index is 11.6. The molecule has 0 bridgehead atoms. The van der Waals surface area contributed by atoms with E-state index in [9.17, 15) is 4.79 Å². The zero-order chi connectivity index (χ0) is 17.2. The summed E-state index contributed by atoms with van der Waals surface area (Å²) in [4.78, 5) is 11.6. The van der Waals surface area contributed by atoms with Crippen LogP contribution in [0.2, 0.25) is 0 Å². The van der Waals surface area contributed by atoms with Gasteiger partial charge >= 0.3 is 6.09 Å². The van der Waals surface area contributed by atoms with E-state index in [-0.39, 0.29) is 6.61 Å². The number of anilines is 1. The Balaban J connectivity index is 1.69. The minimum atomic E-state index is -0.403. The number of carbonyl (C=O) groups excluding carboxylic acids is 1. The molecule has 0 atom stereocenters. The lowest BCUT2D eigenvalue weighted by Crippen LogP contribution is -2.24. The van der Waals surface area contributed by atoms with Crippen LogP contribution in [0.5, 0.6) is 0 Å². The number of alkyl carbamates (subject to hydrolysis) is 1. The first-order valence-corrected chi connectivity index (χ1v) is 8.18. The number of ether oxygens (including phenoxy) is 1. The average molecular weight is 324 g/mol. The molecule has 0 radical (unpaired) electrons. The minimum Gasteiger partial charge on any atom is -0.445 e. The van der Waals surface area contributed by atoms with Gasteiger partial charge in [0.25, 0.3) is 0 Å². The molecule has 2 aromatic rings. The highest BCUT2D eigenvalue weighted by Gasteiger charge is 2.01. The topological polar surface area (TPSA) is 64.3 Å². The molecule has 0 saturated carbocycles. The first-order valence-electron chi connectivity index (χ1n) is 8.18. The van der Waals surface area contributed by atoms with Gasteiger partial charge in [-0.25, -0.2) is 4.79 Å². The quantitative estimate of drug-likeness (QED) is 0.594. The minimum absolute atomic E-state index is 0.281. The average Bonchev–Trinajstić information content (AvgIpc) is 2.62. The number of aryl methyl sites for hydroxylation is 1. The number of nitrogens with one attached hydrogen (secondary N) is 1. The number of nitrogen functional groups attached to an aromatic ring is 1. The van der Waals surface area contributed by atoms with E-state index < -0.39 is 6.09 Å². The Bertz CT molecular complexity index is 681. The predicted octanol–water partition coefficient (Wildman–Crippen LogP) is 4.16. The van der Waals surface area contributed by atoms with E-state index in [4.69, 9.17) is 10.5 Å². The zero-order valence-corrected chi connectivity index (χ0v) is 14.0. The third-order valence-corrected chi connectivity index (χ3v) is 3.65. The third kappa shape index (κ3) is 5.80. The highest BCUT2D eigenvalue weighted by atomic mass is 16.5. The lowest BCUT2D eigenvalue weighted by atomic mass is 10.1. The molecular formula is C20H24N2O2.